The third-order valence-electron chi connectivity index (χ3n) is 3.35. The number of rotatable bonds is 5. The van der Waals surface area contributed by atoms with Crippen molar-refractivity contribution < 1.29 is 4.79 Å². The van der Waals surface area contributed by atoms with E-state index in [2.05, 4.69) is 30.7 Å². The molecule has 106 valence electrons. The van der Waals surface area contributed by atoms with E-state index in [0.29, 0.717) is 5.69 Å². The van der Waals surface area contributed by atoms with Crippen LogP contribution >= 0.6 is 11.8 Å². The van der Waals surface area contributed by atoms with Gasteiger partial charge < -0.3 is 4.90 Å². The van der Waals surface area contributed by atoms with Crippen molar-refractivity contribution in [1.82, 2.24) is 9.88 Å². The number of pyridine rings is 1. The zero-order valence-corrected chi connectivity index (χ0v) is 13.0. The Morgan fingerprint density at radius 3 is 2.85 bits per heavy atom. The number of nitrogens with zero attached hydrogens (tertiary/aromatic N) is 2. The number of carbonyl (C=O) groups is 1. The standard InChI is InChI=1S/C16H20N2OS/c1-4-5-10-18-12(2)13(3)20-16(18)11-15(19)14-8-6-7-9-17-14/h6-9,11H,4-5,10H2,1-3H3. The van der Waals surface area contributed by atoms with Crippen molar-refractivity contribution in [2.24, 2.45) is 0 Å². The van der Waals surface area contributed by atoms with Crippen molar-refractivity contribution >= 4 is 17.5 Å². The molecule has 0 N–H and O–H groups in total. The SMILES string of the molecule is CCCCN1C(=CC(=O)c2ccccn2)SC(C)=C1C. The first-order chi connectivity index (χ1) is 9.63. The van der Waals surface area contributed by atoms with Crippen LogP contribution in [0, 0.1) is 0 Å². The number of carbonyl (C=O) groups excluding carboxylic acids is 1. The van der Waals surface area contributed by atoms with Gasteiger partial charge in [0, 0.05) is 29.4 Å². The zero-order valence-electron chi connectivity index (χ0n) is 12.2. The summed E-state index contributed by atoms with van der Waals surface area (Å²) in [5.74, 6) is -0.0305. The molecule has 0 saturated carbocycles. The van der Waals surface area contributed by atoms with Crippen LogP contribution in [0.3, 0.4) is 0 Å². The molecule has 1 aliphatic heterocycles. The van der Waals surface area contributed by atoms with E-state index in [1.807, 2.05) is 12.1 Å². The second kappa shape index (κ2) is 6.75. The van der Waals surface area contributed by atoms with Gasteiger partial charge in [0.1, 0.15) is 5.69 Å². The summed E-state index contributed by atoms with van der Waals surface area (Å²) in [5.41, 5.74) is 1.75. The minimum absolute atomic E-state index is 0.0305. The maximum atomic E-state index is 12.2. The van der Waals surface area contributed by atoms with Gasteiger partial charge in [-0.3, -0.25) is 9.78 Å². The van der Waals surface area contributed by atoms with Gasteiger partial charge in [-0.2, -0.15) is 0 Å². The Kier molecular flexibility index (Phi) is 5.01. The fourth-order valence-corrected chi connectivity index (χ4v) is 3.11. The summed E-state index contributed by atoms with van der Waals surface area (Å²) in [4.78, 5) is 19.9. The lowest BCUT2D eigenvalue weighted by Gasteiger charge is -2.20. The molecule has 1 aromatic heterocycles. The van der Waals surface area contributed by atoms with Crippen molar-refractivity contribution in [3.8, 4) is 0 Å². The van der Waals surface area contributed by atoms with E-state index in [4.69, 9.17) is 0 Å². The summed E-state index contributed by atoms with van der Waals surface area (Å²) in [6.07, 6.45) is 5.63. The van der Waals surface area contributed by atoms with Crippen LogP contribution in [-0.4, -0.2) is 22.2 Å². The second-order valence-corrected chi connectivity index (χ2v) is 6.05. The summed E-state index contributed by atoms with van der Waals surface area (Å²) in [6, 6.07) is 5.41. The minimum Gasteiger partial charge on any atom is -0.339 e. The van der Waals surface area contributed by atoms with Crippen molar-refractivity contribution in [2.75, 3.05) is 6.54 Å². The summed E-state index contributed by atoms with van der Waals surface area (Å²) in [6.45, 7) is 7.36. The van der Waals surface area contributed by atoms with Crippen LogP contribution in [-0.2, 0) is 0 Å². The monoisotopic (exact) mass is 288 g/mol. The maximum absolute atomic E-state index is 12.2. The van der Waals surface area contributed by atoms with Crippen LogP contribution in [0.25, 0.3) is 0 Å². The molecule has 20 heavy (non-hydrogen) atoms. The van der Waals surface area contributed by atoms with Crippen LogP contribution in [0.5, 0.6) is 0 Å². The van der Waals surface area contributed by atoms with E-state index >= 15 is 0 Å². The second-order valence-electron chi connectivity index (χ2n) is 4.81. The van der Waals surface area contributed by atoms with Gasteiger partial charge in [0.05, 0.1) is 5.03 Å². The lowest BCUT2D eigenvalue weighted by molar-refractivity contribution is 0.104. The minimum atomic E-state index is -0.0305. The Hall–Kier alpha value is -1.55. The van der Waals surface area contributed by atoms with Crippen molar-refractivity contribution in [3.63, 3.8) is 0 Å². The van der Waals surface area contributed by atoms with Gasteiger partial charge in [-0.25, -0.2) is 0 Å². The molecule has 0 amide bonds. The molecule has 0 aromatic carbocycles. The van der Waals surface area contributed by atoms with E-state index in [9.17, 15) is 4.79 Å². The number of allylic oxidation sites excluding steroid dienone is 3. The molecular weight excluding hydrogens is 268 g/mol. The lowest BCUT2D eigenvalue weighted by Crippen LogP contribution is -2.18. The molecule has 0 bridgehead atoms. The van der Waals surface area contributed by atoms with Gasteiger partial charge in [-0.1, -0.05) is 31.2 Å². The Morgan fingerprint density at radius 2 is 2.20 bits per heavy atom. The van der Waals surface area contributed by atoms with E-state index in [0.717, 1.165) is 24.4 Å². The van der Waals surface area contributed by atoms with E-state index in [1.54, 1.807) is 30.1 Å². The highest BCUT2D eigenvalue weighted by atomic mass is 32.2. The molecule has 3 nitrogen and oxygen atoms in total. The number of hydrogen-bond donors (Lipinski definition) is 0. The summed E-state index contributed by atoms with van der Waals surface area (Å²) < 4.78 is 0. The number of ketones is 1. The molecule has 0 radical (unpaired) electrons. The third-order valence-corrected chi connectivity index (χ3v) is 4.49. The first-order valence-electron chi connectivity index (χ1n) is 6.93. The number of thioether (sulfide) groups is 1. The van der Waals surface area contributed by atoms with Crippen LogP contribution in [0.2, 0.25) is 0 Å². The summed E-state index contributed by atoms with van der Waals surface area (Å²) in [5, 5.41) is 1.02. The topological polar surface area (TPSA) is 33.2 Å². The van der Waals surface area contributed by atoms with Gasteiger partial charge >= 0.3 is 0 Å². The summed E-state index contributed by atoms with van der Waals surface area (Å²) >= 11 is 1.67. The molecule has 0 unspecified atom stereocenters. The molecule has 0 saturated heterocycles. The third kappa shape index (κ3) is 3.31. The van der Waals surface area contributed by atoms with Crippen molar-refractivity contribution in [1.29, 1.82) is 0 Å². The predicted molar refractivity (Wildman–Crippen MR) is 84.2 cm³/mol. The molecule has 4 heteroatoms. The Bertz CT molecular complexity index is 549. The molecule has 2 rings (SSSR count). The number of aromatic nitrogens is 1. The molecule has 0 spiro atoms. The maximum Gasteiger partial charge on any atom is 0.206 e. The Balaban J connectivity index is 2.19. The highest BCUT2D eigenvalue weighted by Gasteiger charge is 2.23. The Morgan fingerprint density at radius 1 is 1.40 bits per heavy atom. The summed E-state index contributed by atoms with van der Waals surface area (Å²) in [7, 11) is 0. The van der Waals surface area contributed by atoms with Crippen LogP contribution < -0.4 is 0 Å². The van der Waals surface area contributed by atoms with Crippen LogP contribution in [0.15, 0.2) is 46.1 Å². The molecular formula is C16H20N2OS. The molecule has 0 fully saturated rings. The molecule has 2 heterocycles. The highest BCUT2D eigenvalue weighted by molar-refractivity contribution is 8.06. The fourth-order valence-electron chi connectivity index (χ4n) is 2.04. The highest BCUT2D eigenvalue weighted by Crippen LogP contribution is 2.40. The molecule has 0 aliphatic carbocycles. The van der Waals surface area contributed by atoms with Gasteiger partial charge in [0.15, 0.2) is 0 Å². The van der Waals surface area contributed by atoms with E-state index < -0.39 is 0 Å². The molecule has 0 atom stereocenters. The van der Waals surface area contributed by atoms with E-state index in [-0.39, 0.29) is 5.78 Å². The largest absolute Gasteiger partial charge is 0.339 e. The number of hydrogen-bond acceptors (Lipinski definition) is 4. The first kappa shape index (κ1) is 14.9. The molecule has 1 aromatic rings. The average molecular weight is 288 g/mol. The quantitative estimate of drug-likeness (QED) is 0.600. The van der Waals surface area contributed by atoms with Gasteiger partial charge in [0.2, 0.25) is 5.78 Å². The van der Waals surface area contributed by atoms with Crippen LogP contribution in [0.4, 0.5) is 0 Å². The smallest absolute Gasteiger partial charge is 0.206 e. The Labute approximate surface area is 124 Å². The van der Waals surface area contributed by atoms with Crippen LogP contribution in [0.1, 0.15) is 44.1 Å². The van der Waals surface area contributed by atoms with Crippen molar-refractivity contribution in [3.05, 3.63) is 51.8 Å². The first-order valence-corrected chi connectivity index (χ1v) is 7.75. The van der Waals surface area contributed by atoms with Gasteiger partial charge in [0.25, 0.3) is 0 Å². The van der Waals surface area contributed by atoms with Gasteiger partial charge in [-0.15, -0.1) is 0 Å². The lowest BCUT2D eigenvalue weighted by atomic mass is 10.2. The zero-order chi connectivity index (χ0) is 14.5. The fraction of sp³-hybridized carbons (Fsp3) is 0.375. The van der Waals surface area contributed by atoms with Crippen molar-refractivity contribution in [2.45, 2.75) is 33.6 Å². The number of unbranched alkanes of at least 4 members (excludes halogenated alkanes) is 1. The predicted octanol–water partition coefficient (Wildman–Crippen LogP) is 4.21. The van der Waals surface area contributed by atoms with Gasteiger partial charge in [-0.05, 0) is 32.4 Å². The average Bonchev–Trinajstić information content (AvgIpc) is 2.72. The normalized spacial score (nSPS) is 17.1. The molecule has 1 aliphatic rings. The van der Waals surface area contributed by atoms with E-state index in [1.165, 1.54) is 10.6 Å².